The van der Waals surface area contributed by atoms with Crippen molar-refractivity contribution in [3.05, 3.63) is 24.0 Å². The number of piperidine rings is 1. The predicted octanol–water partition coefficient (Wildman–Crippen LogP) is 1.56. The van der Waals surface area contributed by atoms with Crippen LogP contribution in [0.2, 0.25) is 0 Å². The number of nitrogens with two attached hydrogens (primary N) is 1. The normalized spacial score (nSPS) is 26.7. The smallest absolute Gasteiger partial charge is 0.0555 e. The number of nitrogens with zero attached hydrogens (tertiary/aromatic N) is 2. The minimum Gasteiger partial charge on any atom is -0.370 e. The van der Waals surface area contributed by atoms with E-state index in [9.17, 15) is 0 Å². The average molecular weight is 205 g/mol. The van der Waals surface area contributed by atoms with Crippen LogP contribution in [0.25, 0.3) is 0 Å². The van der Waals surface area contributed by atoms with Crippen molar-refractivity contribution in [1.82, 2.24) is 4.98 Å². The Balaban J connectivity index is 2.12. The first-order valence-corrected chi connectivity index (χ1v) is 5.59. The fraction of sp³-hybridized carbons (Fsp3) is 0.583. The second-order valence-electron chi connectivity index (χ2n) is 4.60. The van der Waals surface area contributed by atoms with Crippen LogP contribution < -0.4 is 10.6 Å². The molecule has 0 saturated carbocycles. The SMILES string of the molecule is Cc1cncc(N2CCC(N)C(C)C2)c1. The second-order valence-corrected chi connectivity index (χ2v) is 4.60. The van der Waals surface area contributed by atoms with E-state index in [2.05, 4.69) is 29.8 Å². The van der Waals surface area contributed by atoms with Gasteiger partial charge in [0.25, 0.3) is 0 Å². The van der Waals surface area contributed by atoms with Gasteiger partial charge in [0, 0.05) is 25.3 Å². The minimum atomic E-state index is 0.360. The van der Waals surface area contributed by atoms with Crippen LogP contribution in [-0.4, -0.2) is 24.1 Å². The Morgan fingerprint density at radius 3 is 2.93 bits per heavy atom. The molecule has 0 aliphatic carbocycles. The predicted molar refractivity (Wildman–Crippen MR) is 62.9 cm³/mol. The van der Waals surface area contributed by atoms with Crippen LogP contribution in [-0.2, 0) is 0 Å². The molecule has 0 bridgehead atoms. The Hall–Kier alpha value is -1.09. The van der Waals surface area contributed by atoms with Gasteiger partial charge in [0.1, 0.15) is 0 Å². The summed E-state index contributed by atoms with van der Waals surface area (Å²) in [5, 5.41) is 0. The molecule has 1 saturated heterocycles. The number of rotatable bonds is 1. The van der Waals surface area contributed by atoms with E-state index in [1.807, 2.05) is 12.4 Å². The number of aryl methyl sites for hydroxylation is 1. The standard InChI is InChI=1S/C12H19N3/c1-9-5-11(7-14-6-9)15-4-3-12(13)10(2)8-15/h5-7,10,12H,3-4,8,13H2,1-2H3. The summed E-state index contributed by atoms with van der Waals surface area (Å²) >= 11 is 0. The van der Waals surface area contributed by atoms with Crippen LogP contribution >= 0.6 is 0 Å². The molecule has 1 aliphatic rings. The Labute approximate surface area is 91.3 Å². The van der Waals surface area contributed by atoms with Crippen LogP contribution in [0.4, 0.5) is 5.69 Å². The summed E-state index contributed by atoms with van der Waals surface area (Å²) in [5.74, 6) is 0.569. The van der Waals surface area contributed by atoms with Crippen molar-refractivity contribution in [2.75, 3.05) is 18.0 Å². The van der Waals surface area contributed by atoms with E-state index < -0.39 is 0 Å². The summed E-state index contributed by atoms with van der Waals surface area (Å²) in [7, 11) is 0. The number of hydrogen-bond donors (Lipinski definition) is 1. The highest BCUT2D eigenvalue weighted by atomic mass is 15.1. The molecule has 3 heteroatoms. The second kappa shape index (κ2) is 4.19. The summed E-state index contributed by atoms with van der Waals surface area (Å²) in [5.41, 5.74) is 8.45. The molecule has 1 fully saturated rings. The topological polar surface area (TPSA) is 42.2 Å². The summed E-state index contributed by atoms with van der Waals surface area (Å²) in [6, 6.07) is 2.55. The lowest BCUT2D eigenvalue weighted by molar-refractivity contribution is 0.383. The lowest BCUT2D eigenvalue weighted by atomic mass is 9.94. The molecule has 0 spiro atoms. The molecule has 2 unspecified atom stereocenters. The maximum atomic E-state index is 6.01. The Morgan fingerprint density at radius 2 is 2.27 bits per heavy atom. The molecular formula is C12H19N3. The molecule has 0 radical (unpaired) electrons. The highest BCUT2D eigenvalue weighted by Gasteiger charge is 2.23. The van der Waals surface area contributed by atoms with E-state index in [4.69, 9.17) is 5.73 Å². The van der Waals surface area contributed by atoms with Gasteiger partial charge in [-0.2, -0.15) is 0 Å². The van der Waals surface area contributed by atoms with Crippen LogP contribution in [0.3, 0.4) is 0 Å². The van der Waals surface area contributed by atoms with Crippen molar-refractivity contribution in [1.29, 1.82) is 0 Å². The molecule has 2 rings (SSSR count). The van der Waals surface area contributed by atoms with Gasteiger partial charge >= 0.3 is 0 Å². The zero-order valence-electron chi connectivity index (χ0n) is 9.48. The molecule has 2 atom stereocenters. The van der Waals surface area contributed by atoms with Gasteiger partial charge in [-0.15, -0.1) is 0 Å². The van der Waals surface area contributed by atoms with Gasteiger partial charge in [-0.25, -0.2) is 0 Å². The van der Waals surface area contributed by atoms with E-state index in [1.165, 1.54) is 11.3 Å². The highest BCUT2D eigenvalue weighted by Crippen LogP contribution is 2.22. The van der Waals surface area contributed by atoms with Crippen LogP contribution in [0.1, 0.15) is 18.9 Å². The van der Waals surface area contributed by atoms with Gasteiger partial charge < -0.3 is 10.6 Å². The van der Waals surface area contributed by atoms with Crippen LogP contribution in [0.15, 0.2) is 18.5 Å². The number of aromatic nitrogens is 1. The van der Waals surface area contributed by atoms with E-state index in [1.54, 1.807) is 0 Å². The molecule has 2 N–H and O–H groups in total. The zero-order chi connectivity index (χ0) is 10.8. The average Bonchev–Trinajstić information content (AvgIpc) is 2.22. The quantitative estimate of drug-likeness (QED) is 0.756. The number of hydrogen-bond acceptors (Lipinski definition) is 3. The van der Waals surface area contributed by atoms with Crippen molar-refractivity contribution in [3.8, 4) is 0 Å². The summed E-state index contributed by atoms with van der Waals surface area (Å²) in [4.78, 5) is 6.61. The van der Waals surface area contributed by atoms with Crippen LogP contribution in [0.5, 0.6) is 0 Å². The molecule has 1 aliphatic heterocycles. The van der Waals surface area contributed by atoms with Crippen molar-refractivity contribution < 1.29 is 0 Å². The lowest BCUT2D eigenvalue weighted by Gasteiger charge is -2.36. The molecule has 82 valence electrons. The van der Waals surface area contributed by atoms with Crippen molar-refractivity contribution in [2.24, 2.45) is 11.7 Å². The summed E-state index contributed by atoms with van der Waals surface area (Å²) in [6.45, 7) is 6.40. The molecule has 0 aromatic carbocycles. The fourth-order valence-corrected chi connectivity index (χ4v) is 2.11. The molecule has 15 heavy (non-hydrogen) atoms. The Morgan fingerprint density at radius 1 is 1.47 bits per heavy atom. The van der Waals surface area contributed by atoms with Gasteiger partial charge in [0.15, 0.2) is 0 Å². The Kier molecular flexibility index (Phi) is 2.91. The summed E-state index contributed by atoms with van der Waals surface area (Å²) < 4.78 is 0. The first kappa shape index (κ1) is 10.4. The van der Waals surface area contributed by atoms with Gasteiger partial charge in [0.2, 0.25) is 0 Å². The maximum Gasteiger partial charge on any atom is 0.0555 e. The zero-order valence-corrected chi connectivity index (χ0v) is 9.48. The molecule has 1 aromatic heterocycles. The van der Waals surface area contributed by atoms with Gasteiger partial charge in [-0.1, -0.05) is 6.92 Å². The van der Waals surface area contributed by atoms with Gasteiger partial charge in [-0.3, -0.25) is 4.98 Å². The third-order valence-corrected chi connectivity index (χ3v) is 3.20. The van der Waals surface area contributed by atoms with E-state index in [0.717, 1.165) is 19.5 Å². The van der Waals surface area contributed by atoms with Gasteiger partial charge in [0.05, 0.1) is 11.9 Å². The van der Waals surface area contributed by atoms with E-state index >= 15 is 0 Å². The number of anilines is 1. The summed E-state index contributed by atoms with van der Waals surface area (Å²) in [6.07, 6.45) is 4.91. The first-order chi connectivity index (χ1) is 7.16. The Bertz CT molecular complexity index is 337. The third kappa shape index (κ3) is 2.29. The largest absolute Gasteiger partial charge is 0.370 e. The van der Waals surface area contributed by atoms with Crippen molar-refractivity contribution >= 4 is 5.69 Å². The first-order valence-electron chi connectivity index (χ1n) is 5.59. The van der Waals surface area contributed by atoms with Crippen molar-refractivity contribution in [3.63, 3.8) is 0 Å². The molecule has 3 nitrogen and oxygen atoms in total. The molecule has 1 aromatic rings. The number of pyridine rings is 1. The minimum absolute atomic E-state index is 0.360. The third-order valence-electron chi connectivity index (χ3n) is 3.20. The van der Waals surface area contributed by atoms with E-state index in [0.29, 0.717) is 12.0 Å². The highest BCUT2D eigenvalue weighted by molar-refractivity contribution is 5.46. The van der Waals surface area contributed by atoms with E-state index in [-0.39, 0.29) is 0 Å². The maximum absolute atomic E-state index is 6.01. The molecule has 0 amide bonds. The van der Waals surface area contributed by atoms with Gasteiger partial charge in [-0.05, 0) is 30.9 Å². The van der Waals surface area contributed by atoms with Crippen molar-refractivity contribution in [2.45, 2.75) is 26.3 Å². The fourth-order valence-electron chi connectivity index (χ4n) is 2.11. The molecular weight excluding hydrogens is 186 g/mol. The molecule has 2 heterocycles. The lowest BCUT2D eigenvalue weighted by Crippen LogP contribution is -2.46. The monoisotopic (exact) mass is 205 g/mol. The van der Waals surface area contributed by atoms with Crippen LogP contribution in [0, 0.1) is 12.8 Å².